The van der Waals surface area contributed by atoms with E-state index in [1.807, 2.05) is 0 Å². The second-order valence-electron chi connectivity index (χ2n) is 24.0. The SMILES string of the molecule is CCCCCCCCCCCCCCCCCCCC(=O)O[C@H](COC(=O)CCCCCCCCCCCCCCC)COP(=O)(O)OC[C@@H](O)COP(=O)(O)OC[C@@H](COC(=O)CCCCCCC)OC(=O)CCCCCCCCC(C)C. The van der Waals surface area contributed by atoms with Crippen LogP contribution in [0.3, 0.4) is 0 Å². The molecule has 0 aromatic rings. The molecule has 0 aliphatic heterocycles. The molecule has 2 unspecified atom stereocenters. The van der Waals surface area contributed by atoms with E-state index in [2.05, 4.69) is 34.6 Å². The van der Waals surface area contributed by atoms with E-state index in [0.717, 1.165) is 96.3 Å². The van der Waals surface area contributed by atoms with E-state index in [9.17, 15) is 43.2 Å². The van der Waals surface area contributed by atoms with Crippen LogP contribution < -0.4 is 0 Å². The fourth-order valence-electron chi connectivity index (χ4n) is 9.76. The molecule has 0 aliphatic carbocycles. The number of aliphatic hydroxyl groups is 1. The van der Waals surface area contributed by atoms with Crippen molar-refractivity contribution in [1.82, 2.24) is 0 Å². The molecule has 0 fully saturated rings. The normalized spacial score (nSPS) is 14.2. The molecule has 0 heterocycles. The first-order valence-corrected chi connectivity index (χ1v) is 37.1. The highest BCUT2D eigenvalue weighted by Crippen LogP contribution is 2.45. The Hall–Kier alpha value is -1.94. The molecule has 0 saturated carbocycles. The minimum absolute atomic E-state index is 0.101. The molecular formula is C65H126O17P2. The molecule has 0 bridgehead atoms. The van der Waals surface area contributed by atoms with Crippen molar-refractivity contribution in [3.05, 3.63) is 0 Å². The van der Waals surface area contributed by atoms with Crippen LogP contribution in [-0.4, -0.2) is 96.7 Å². The monoisotopic (exact) mass is 1240 g/mol. The van der Waals surface area contributed by atoms with Gasteiger partial charge < -0.3 is 33.8 Å². The number of hydrogen-bond donors (Lipinski definition) is 3. The van der Waals surface area contributed by atoms with Crippen LogP contribution in [0.4, 0.5) is 0 Å². The Morgan fingerprint density at radius 2 is 0.548 bits per heavy atom. The van der Waals surface area contributed by atoms with Crippen LogP contribution >= 0.6 is 15.6 Å². The largest absolute Gasteiger partial charge is 0.472 e. The average molecular weight is 1240 g/mol. The summed E-state index contributed by atoms with van der Waals surface area (Å²) in [4.78, 5) is 72.0. The van der Waals surface area contributed by atoms with E-state index in [4.69, 9.17) is 37.0 Å². The number of aliphatic hydroxyl groups excluding tert-OH is 1. The molecule has 0 amide bonds. The Morgan fingerprint density at radius 1 is 0.321 bits per heavy atom. The van der Waals surface area contributed by atoms with Gasteiger partial charge in [-0.3, -0.25) is 37.3 Å². The smallest absolute Gasteiger partial charge is 0.462 e. The third kappa shape index (κ3) is 59.0. The maximum absolute atomic E-state index is 13.0. The maximum atomic E-state index is 13.0. The number of ether oxygens (including phenoxy) is 4. The second kappa shape index (κ2) is 58.7. The van der Waals surface area contributed by atoms with Crippen molar-refractivity contribution in [1.29, 1.82) is 0 Å². The van der Waals surface area contributed by atoms with Gasteiger partial charge in [-0.25, -0.2) is 9.13 Å². The molecule has 0 saturated heterocycles. The summed E-state index contributed by atoms with van der Waals surface area (Å²) in [5.41, 5.74) is 0. The van der Waals surface area contributed by atoms with Gasteiger partial charge in [0, 0.05) is 25.7 Å². The van der Waals surface area contributed by atoms with E-state index >= 15 is 0 Å². The molecule has 19 heteroatoms. The molecule has 0 aromatic carbocycles. The molecular weight excluding hydrogens is 1110 g/mol. The lowest BCUT2D eigenvalue weighted by atomic mass is 10.0. The fraction of sp³-hybridized carbons (Fsp3) is 0.938. The highest BCUT2D eigenvalue weighted by atomic mass is 31.2. The lowest BCUT2D eigenvalue weighted by Crippen LogP contribution is -2.30. The van der Waals surface area contributed by atoms with Crippen LogP contribution in [0.5, 0.6) is 0 Å². The third-order valence-corrected chi connectivity index (χ3v) is 16.9. The van der Waals surface area contributed by atoms with Gasteiger partial charge >= 0.3 is 39.5 Å². The van der Waals surface area contributed by atoms with Crippen molar-refractivity contribution in [3.63, 3.8) is 0 Å². The van der Waals surface area contributed by atoms with E-state index in [0.29, 0.717) is 31.6 Å². The van der Waals surface area contributed by atoms with E-state index < -0.39 is 97.5 Å². The number of esters is 4. The Labute approximate surface area is 511 Å². The molecule has 0 spiro atoms. The zero-order valence-corrected chi connectivity index (χ0v) is 55.8. The highest BCUT2D eigenvalue weighted by Gasteiger charge is 2.30. The van der Waals surface area contributed by atoms with Crippen molar-refractivity contribution in [2.75, 3.05) is 39.6 Å². The summed E-state index contributed by atoms with van der Waals surface area (Å²) >= 11 is 0. The Bertz CT molecular complexity index is 1640. The van der Waals surface area contributed by atoms with Gasteiger partial charge in [0.1, 0.15) is 19.3 Å². The quantitative estimate of drug-likeness (QED) is 0.0222. The number of phosphoric acid groups is 2. The van der Waals surface area contributed by atoms with Gasteiger partial charge in [-0.2, -0.15) is 0 Å². The molecule has 0 aliphatic rings. The van der Waals surface area contributed by atoms with Crippen LogP contribution in [0.15, 0.2) is 0 Å². The van der Waals surface area contributed by atoms with Crippen LogP contribution in [0.25, 0.3) is 0 Å². The van der Waals surface area contributed by atoms with Crippen molar-refractivity contribution in [3.8, 4) is 0 Å². The summed E-state index contributed by atoms with van der Waals surface area (Å²) in [5.74, 6) is -1.47. The van der Waals surface area contributed by atoms with E-state index in [-0.39, 0.29) is 25.7 Å². The van der Waals surface area contributed by atoms with Gasteiger partial charge in [0.05, 0.1) is 26.4 Å². The maximum Gasteiger partial charge on any atom is 0.472 e. The van der Waals surface area contributed by atoms with Crippen molar-refractivity contribution in [2.24, 2.45) is 5.92 Å². The summed E-state index contributed by atoms with van der Waals surface area (Å²) in [7, 11) is -9.88. The zero-order chi connectivity index (χ0) is 62.0. The van der Waals surface area contributed by atoms with Crippen LogP contribution in [-0.2, 0) is 65.4 Å². The summed E-state index contributed by atoms with van der Waals surface area (Å²) in [6, 6.07) is 0. The zero-order valence-electron chi connectivity index (χ0n) is 54.0. The lowest BCUT2D eigenvalue weighted by Gasteiger charge is -2.21. The minimum Gasteiger partial charge on any atom is -0.462 e. The fourth-order valence-corrected chi connectivity index (χ4v) is 11.3. The first-order chi connectivity index (χ1) is 40.5. The van der Waals surface area contributed by atoms with Gasteiger partial charge in [-0.15, -0.1) is 0 Å². The van der Waals surface area contributed by atoms with Crippen molar-refractivity contribution >= 4 is 39.5 Å². The standard InChI is InChI=1S/C65H126O17P2/c1-6-9-12-15-17-19-21-23-24-25-26-28-30-32-34-40-45-50-64(69)81-61(55-76-63(68)49-44-39-33-31-29-27-22-20-18-16-13-10-7-2)57-80-84(73,74)78-53-59(66)52-77-83(71,72)79-56-60(54-75-62(67)48-43-37-14-11-8-3)82-65(70)51-46-41-36-35-38-42-47-58(4)5/h58-61,66H,6-57H2,1-5H3,(H,71,72)(H,73,74)/t59-,60+,61+/m0/s1. The number of phosphoric ester groups is 2. The highest BCUT2D eigenvalue weighted by molar-refractivity contribution is 7.47. The third-order valence-electron chi connectivity index (χ3n) is 15.0. The number of rotatable bonds is 65. The average Bonchev–Trinajstić information content (AvgIpc) is 3.50. The number of unbranched alkanes of at least 4 members (excludes halogenated alkanes) is 37. The summed E-state index contributed by atoms with van der Waals surface area (Å²) in [5, 5.41) is 10.5. The molecule has 17 nitrogen and oxygen atoms in total. The first-order valence-electron chi connectivity index (χ1n) is 34.1. The van der Waals surface area contributed by atoms with E-state index in [1.54, 1.807) is 0 Å². The molecule has 498 valence electrons. The van der Waals surface area contributed by atoms with Gasteiger partial charge in [0.25, 0.3) is 0 Å². The molecule has 84 heavy (non-hydrogen) atoms. The lowest BCUT2D eigenvalue weighted by molar-refractivity contribution is -0.161. The van der Waals surface area contributed by atoms with Crippen LogP contribution in [0.1, 0.15) is 330 Å². The van der Waals surface area contributed by atoms with Gasteiger partial charge in [0.15, 0.2) is 12.2 Å². The summed E-state index contributed by atoms with van der Waals surface area (Å²) in [6.45, 7) is 7.03. The van der Waals surface area contributed by atoms with Gasteiger partial charge in [-0.1, -0.05) is 279 Å². The topological polar surface area (TPSA) is 237 Å². The number of carbonyl (C=O) groups excluding carboxylic acids is 4. The van der Waals surface area contributed by atoms with Gasteiger partial charge in [0.2, 0.25) is 0 Å². The minimum atomic E-state index is -4.94. The molecule has 0 radical (unpaired) electrons. The Kier molecular flexibility index (Phi) is 57.4. The summed E-state index contributed by atoms with van der Waals surface area (Å²) < 4.78 is 67.8. The Balaban J connectivity index is 5.15. The van der Waals surface area contributed by atoms with Crippen molar-refractivity contribution in [2.45, 2.75) is 348 Å². The molecule has 0 aromatic heterocycles. The number of hydrogen-bond acceptors (Lipinski definition) is 15. The van der Waals surface area contributed by atoms with Crippen LogP contribution in [0.2, 0.25) is 0 Å². The van der Waals surface area contributed by atoms with Crippen molar-refractivity contribution < 1.29 is 80.2 Å². The predicted molar refractivity (Wildman–Crippen MR) is 335 cm³/mol. The Morgan fingerprint density at radius 3 is 0.810 bits per heavy atom. The first kappa shape index (κ1) is 82.1. The second-order valence-corrected chi connectivity index (χ2v) is 26.9. The molecule has 5 atom stereocenters. The molecule has 3 N–H and O–H groups in total. The predicted octanol–water partition coefficient (Wildman–Crippen LogP) is 18.2. The van der Waals surface area contributed by atoms with Crippen LogP contribution in [0, 0.1) is 5.92 Å². The van der Waals surface area contributed by atoms with E-state index in [1.165, 1.54) is 148 Å². The number of carbonyl (C=O) groups is 4. The van der Waals surface area contributed by atoms with Gasteiger partial charge in [-0.05, 0) is 31.6 Å². The molecule has 0 rings (SSSR count). The summed E-state index contributed by atoms with van der Waals surface area (Å²) in [6.07, 6.45) is 43.6.